The summed E-state index contributed by atoms with van der Waals surface area (Å²) in [6.07, 6.45) is 0. The zero-order valence-electron chi connectivity index (χ0n) is 9.04. The van der Waals surface area contributed by atoms with Crippen molar-refractivity contribution in [3.05, 3.63) is 40.0 Å². The van der Waals surface area contributed by atoms with Crippen LogP contribution in [0.15, 0.2) is 18.2 Å². The molecule has 0 unspecified atom stereocenters. The van der Waals surface area contributed by atoms with Crippen molar-refractivity contribution in [3.63, 3.8) is 0 Å². The molecule has 1 aromatic carbocycles. The third kappa shape index (κ3) is 1.77. The number of aromatic nitrogens is 1. The topological polar surface area (TPSA) is 38.9 Å². The van der Waals surface area contributed by atoms with Crippen molar-refractivity contribution in [1.82, 2.24) is 4.98 Å². The first kappa shape index (κ1) is 11.3. The van der Waals surface area contributed by atoms with Crippen LogP contribution in [0.3, 0.4) is 0 Å². The number of nitrogens with two attached hydrogens (primary N) is 1. The van der Waals surface area contributed by atoms with Gasteiger partial charge < -0.3 is 5.73 Å². The highest BCUT2D eigenvalue weighted by atomic mass is 35.5. The summed E-state index contributed by atoms with van der Waals surface area (Å²) in [5.41, 5.74) is 9.18. The molecule has 0 fully saturated rings. The first-order chi connectivity index (χ1) is 7.50. The van der Waals surface area contributed by atoms with Gasteiger partial charge in [0, 0.05) is 10.4 Å². The standard InChI is InChI=1S/C12H11ClN2S/c1-6-5-10(12(14)16)15-11-7(2)9(13)4-3-8(6)11/h3-5H,1-2H3,(H2,14,16). The fourth-order valence-corrected chi connectivity index (χ4v) is 1.96. The molecule has 0 amide bonds. The summed E-state index contributed by atoms with van der Waals surface area (Å²) in [4.78, 5) is 4.75. The maximum Gasteiger partial charge on any atom is 0.122 e. The largest absolute Gasteiger partial charge is 0.388 e. The molecule has 2 rings (SSSR count). The van der Waals surface area contributed by atoms with Crippen molar-refractivity contribution in [1.29, 1.82) is 0 Å². The van der Waals surface area contributed by atoms with Crippen molar-refractivity contribution >= 4 is 39.7 Å². The average Bonchev–Trinajstić information content (AvgIpc) is 2.23. The van der Waals surface area contributed by atoms with E-state index in [0.29, 0.717) is 15.7 Å². The van der Waals surface area contributed by atoms with E-state index in [4.69, 9.17) is 29.6 Å². The molecule has 0 aliphatic carbocycles. The second-order valence-electron chi connectivity index (χ2n) is 3.76. The monoisotopic (exact) mass is 250 g/mol. The van der Waals surface area contributed by atoms with Gasteiger partial charge in [0.1, 0.15) is 4.99 Å². The maximum atomic E-state index is 6.07. The molecule has 0 aliphatic heterocycles. The van der Waals surface area contributed by atoms with E-state index < -0.39 is 0 Å². The summed E-state index contributed by atoms with van der Waals surface area (Å²) in [5.74, 6) is 0. The van der Waals surface area contributed by atoms with Gasteiger partial charge in [-0.25, -0.2) is 4.98 Å². The first-order valence-electron chi connectivity index (χ1n) is 4.87. The van der Waals surface area contributed by atoms with Crippen LogP contribution in [0.4, 0.5) is 0 Å². The first-order valence-corrected chi connectivity index (χ1v) is 5.65. The van der Waals surface area contributed by atoms with Gasteiger partial charge >= 0.3 is 0 Å². The summed E-state index contributed by atoms with van der Waals surface area (Å²) in [6.45, 7) is 3.96. The summed E-state index contributed by atoms with van der Waals surface area (Å²) in [5, 5.41) is 1.79. The van der Waals surface area contributed by atoms with Gasteiger partial charge in [-0.15, -0.1) is 0 Å². The molecule has 2 N–H and O–H groups in total. The normalized spacial score (nSPS) is 10.7. The average molecular weight is 251 g/mol. The van der Waals surface area contributed by atoms with Gasteiger partial charge in [-0.1, -0.05) is 29.9 Å². The number of benzene rings is 1. The number of thiocarbonyl (C=S) groups is 1. The predicted octanol–water partition coefficient (Wildman–Crippen LogP) is 3.14. The van der Waals surface area contributed by atoms with E-state index in [1.54, 1.807) is 0 Å². The molecule has 0 aliphatic rings. The minimum Gasteiger partial charge on any atom is -0.388 e. The lowest BCUT2D eigenvalue weighted by molar-refractivity contribution is 1.30. The number of halogens is 1. The quantitative estimate of drug-likeness (QED) is 0.791. The third-order valence-electron chi connectivity index (χ3n) is 2.63. The van der Waals surface area contributed by atoms with Crippen molar-refractivity contribution in [2.75, 3.05) is 0 Å². The summed E-state index contributed by atoms with van der Waals surface area (Å²) in [7, 11) is 0. The molecule has 1 aromatic heterocycles. The lowest BCUT2D eigenvalue weighted by Crippen LogP contribution is -2.12. The maximum absolute atomic E-state index is 6.07. The third-order valence-corrected chi connectivity index (χ3v) is 3.25. The van der Waals surface area contributed by atoms with E-state index in [9.17, 15) is 0 Å². The zero-order valence-corrected chi connectivity index (χ0v) is 10.6. The molecular formula is C12H11ClN2S. The van der Waals surface area contributed by atoms with Crippen LogP contribution >= 0.6 is 23.8 Å². The molecule has 0 bridgehead atoms. The van der Waals surface area contributed by atoms with Crippen LogP contribution in [0.2, 0.25) is 5.02 Å². The van der Waals surface area contributed by atoms with E-state index in [-0.39, 0.29) is 0 Å². The van der Waals surface area contributed by atoms with Crippen LogP contribution < -0.4 is 5.73 Å². The summed E-state index contributed by atoms with van der Waals surface area (Å²) >= 11 is 11.0. The molecule has 0 saturated heterocycles. The van der Waals surface area contributed by atoms with Crippen molar-refractivity contribution in [2.45, 2.75) is 13.8 Å². The van der Waals surface area contributed by atoms with Gasteiger partial charge in [-0.05, 0) is 37.1 Å². The molecule has 82 valence electrons. The van der Waals surface area contributed by atoms with E-state index in [1.807, 2.05) is 32.0 Å². The van der Waals surface area contributed by atoms with Crippen LogP contribution in [0.1, 0.15) is 16.8 Å². The Labute approximate surface area is 104 Å². The van der Waals surface area contributed by atoms with E-state index in [0.717, 1.165) is 22.0 Å². The van der Waals surface area contributed by atoms with Gasteiger partial charge in [0.05, 0.1) is 11.2 Å². The number of fused-ring (bicyclic) bond motifs is 1. The molecule has 2 nitrogen and oxygen atoms in total. The van der Waals surface area contributed by atoms with Gasteiger partial charge in [0.25, 0.3) is 0 Å². The fourth-order valence-electron chi connectivity index (χ4n) is 1.70. The molecule has 0 atom stereocenters. The van der Waals surface area contributed by atoms with Gasteiger partial charge in [-0.2, -0.15) is 0 Å². The summed E-state index contributed by atoms with van der Waals surface area (Å²) in [6, 6.07) is 5.75. The Morgan fingerprint density at radius 2 is 2.06 bits per heavy atom. The van der Waals surface area contributed by atoms with E-state index in [2.05, 4.69) is 4.98 Å². The van der Waals surface area contributed by atoms with Crippen molar-refractivity contribution in [2.24, 2.45) is 5.73 Å². The highest BCUT2D eigenvalue weighted by Gasteiger charge is 2.08. The highest BCUT2D eigenvalue weighted by molar-refractivity contribution is 7.80. The smallest absolute Gasteiger partial charge is 0.122 e. The Morgan fingerprint density at radius 3 is 2.69 bits per heavy atom. The second kappa shape index (κ2) is 4.00. The van der Waals surface area contributed by atoms with E-state index >= 15 is 0 Å². The Bertz CT molecular complexity index is 593. The molecule has 1 heterocycles. The van der Waals surface area contributed by atoms with Crippen molar-refractivity contribution < 1.29 is 0 Å². The SMILES string of the molecule is Cc1cc(C(N)=S)nc2c(C)c(Cl)ccc12. The molecule has 0 radical (unpaired) electrons. The van der Waals surface area contributed by atoms with Crippen LogP contribution in [0, 0.1) is 13.8 Å². The molecule has 4 heteroatoms. The Balaban J connectivity index is 2.88. The van der Waals surface area contributed by atoms with Crippen LogP contribution in [0.25, 0.3) is 10.9 Å². The minimum atomic E-state index is 0.310. The van der Waals surface area contributed by atoms with Crippen LogP contribution in [-0.4, -0.2) is 9.97 Å². The Kier molecular flexibility index (Phi) is 2.82. The van der Waals surface area contributed by atoms with E-state index in [1.165, 1.54) is 0 Å². The lowest BCUT2D eigenvalue weighted by atomic mass is 10.1. The zero-order chi connectivity index (χ0) is 11.9. The molecule has 2 aromatic rings. The number of aryl methyl sites for hydroxylation is 2. The number of pyridine rings is 1. The van der Waals surface area contributed by atoms with Crippen LogP contribution in [0.5, 0.6) is 0 Å². The number of hydrogen-bond acceptors (Lipinski definition) is 2. The second-order valence-corrected chi connectivity index (χ2v) is 4.60. The number of rotatable bonds is 1. The Morgan fingerprint density at radius 1 is 1.38 bits per heavy atom. The number of hydrogen-bond donors (Lipinski definition) is 1. The lowest BCUT2D eigenvalue weighted by Gasteiger charge is -2.08. The predicted molar refractivity (Wildman–Crippen MR) is 72.1 cm³/mol. The van der Waals surface area contributed by atoms with Gasteiger partial charge in [0.15, 0.2) is 0 Å². The number of nitrogens with zero attached hydrogens (tertiary/aromatic N) is 1. The van der Waals surface area contributed by atoms with Crippen molar-refractivity contribution in [3.8, 4) is 0 Å². The fraction of sp³-hybridized carbons (Fsp3) is 0.167. The highest BCUT2D eigenvalue weighted by Crippen LogP contribution is 2.26. The van der Waals surface area contributed by atoms with Gasteiger partial charge in [0.2, 0.25) is 0 Å². The molecule has 0 saturated carbocycles. The summed E-state index contributed by atoms with van der Waals surface area (Å²) < 4.78 is 0. The molecular weight excluding hydrogens is 240 g/mol. The van der Waals surface area contributed by atoms with Crippen LogP contribution in [-0.2, 0) is 0 Å². The molecule has 16 heavy (non-hydrogen) atoms. The minimum absolute atomic E-state index is 0.310. The van der Waals surface area contributed by atoms with Gasteiger partial charge in [-0.3, -0.25) is 0 Å². The Hall–Kier alpha value is -1.19. The molecule has 0 spiro atoms.